The van der Waals surface area contributed by atoms with Crippen LogP contribution < -0.4 is 14.8 Å². The molecule has 0 aromatic heterocycles. The summed E-state index contributed by atoms with van der Waals surface area (Å²) in [6.45, 7) is 1.33. The summed E-state index contributed by atoms with van der Waals surface area (Å²) in [6.07, 6.45) is 0. The predicted octanol–water partition coefficient (Wildman–Crippen LogP) is 1.06. The first kappa shape index (κ1) is 15.6. The fourth-order valence-corrected chi connectivity index (χ4v) is 4.26. The molecule has 6 nitrogen and oxygen atoms in total. The summed E-state index contributed by atoms with van der Waals surface area (Å²) < 4.78 is 37.4. The van der Waals surface area contributed by atoms with Crippen molar-refractivity contribution < 1.29 is 17.9 Å². The second kappa shape index (κ2) is 5.88. The van der Waals surface area contributed by atoms with Gasteiger partial charge >= 0.3 is 0 Å². The van der Waals surface area contributed by atoms with Crippen molar-refractivity contribution in [1.82, 2.24) is 9.62 Å². The summed E-state index contributed by atoms with van der Waals surface area (Å²) in [6, 6.07) is 3.05. The Balaban J connectivity index is 2.45. The predicted molar refractivity (Wildman–Crippen MR) is 78.9 cm³/mol. The third kappa shape index (κ3) is 2.65. The molecule has 1 aliphatic heterocycles. The quantitative estimate of drug-likeness (QED) is 0.845. The van der Waals surface area contributed by atoms with Crippen LogP contribution in [0.25, 0.3) is 0 Å². The Hall–Kier alpha value is -0.830. The maximum atomic E-state index is 12.6. The summed E-state index contributed by atoms with van der Waals surface area (Å²) in [5.41, 5.74) is 0. The SMILES string of the molecule is COc1cc(Br)c(S(=O)(=O)N(C)C2CNC2)cc1OC. The maximum Gasteiger partial charge on any atom is 0.244 e. The lowest BCUT2D eigenvalue weighted by molar-refractivity contribution is 0.274. The van der Waals surface area contributed by atoms with Crippen LogP contribution in [0.15, 0.2) is 21.5 Å². The fourth-order valence-electron chi connectivity index (χ4n) is 1.92. The summed E-state index contributed by atoms with van der Waals surface area (Å²) in [5.74, 6) is 0.862. The maximum absolute atomic E-state index is 12.6. The third-order valence-electron chi connectivity index (χ3n) is 3.37. The van der Waals surface area contributed by atoms with E-state index in [2.05, 4.69) is 21.2 Å². The van der Waals surface area contributed by atoms with Crippen LogP contribution in [-0.4, -0.2) is 53.1 Å². The molecule has 8 heteroatoms. The molecule has 0 atom stereocenters. The normalized spacial score (nSPS) is 16.1. The number of likely N-dealkylation sites (N-methyl/N-ethyl adjacent to an activating group) is 1. The van der Waals surface area contributed by atoms with Crippen LogP contribution in [0.5, 0.6) is 11.5 Å². The number of methoxy groups -OCH3 is 2. The molecule has 0 saturated carbocycles. The van der Waals surface area contributed by atoms with Gasteiger partial charge in [0.1, 0.15) is 4.90 Å². The molecular weight excluding hydrogens is 348 g/mol. The molecule has 1 N–H and O–H groups in total. The number of hydrogen-bond acceptors (Lipinski definition) is 5. The van der Waals surface area contributed by atoms with Gasteiger partial charge in [0.15, 0.2) is 11.5 Å². The lowest BCUT2D eigenvalue weighted by Crippen LogP contribution is -2.57. The van der Waals surface area contributed by atoms with Crippen molar-refractivity contribution in [1.29, 1.82) is 0 Å². The minimum absolute atomic E-state index is 0.0139. The molecule has 0 aliphatic carbocycles. The average Bonchev–Trinajstić information content (AvgIpc) is 2.35. The summed E-state index contributed by atoms with van der Waals surface area (Å²) in [7, 11) is 0.989. The zero-order valence-corrected chi connectivity index (χ0v) is 13.9. The van der Waals surface area contributed by atoms with Gasteiger partial charge in [0, 0.05) is 36.7 Å². The van der Waals surface area contributed by atoms with Crippen LogP contribution in [0.4, 0.5) is 0 Å². The van der Waals surface area contributed by atoms with E-state index in [-0.39, 0.29) is 10.9 Å². The van der Waals surface area contributed by atoms with Crippen LogP contribution >= 0.6 is 15.9 Å². The van der Waals surface area contributed by atoms with Gasteiger partial charge in [-0.05, 0) is 22.0 Å². The lowest BCUT2D eigenvalue weighted by atomic mass is 10.2. The number of sulfonamides is 1. The smallest absolute Gasteiger partial charge is 0.244 e. The van der Waals surface area contributed by atoms with Gasteiger partial charge in [0.2, 0.25) is 10.0 Å². The highest BCUT2D eigenvalue weighted by Crippen LogP contribution is 2.36. The second-order valence-corrected chi connectivity index (χ2v) is 7.29. The van der Waals surface area contributed by atoms with E-state index in [1.165, 1.54) is 24.6 Å². The Bertz CT molecular complexity index is 602. The standard InChI is InChI=1S/C12H17BrN2O4S/c1-15(8-6-14-7-8)20(16,17)12-5-11(19-3)10(18-2)4-9(12)13/h4-5,8,14H,6-7H2,1-3H3. The molecule has 20 heavy (non-hydrogen) atoms. The van der Waals surface area contributed by atoms with Gasteiger partial charge < -0.3 is 14.8 Å². The first-order valence-corrected chi connectivity index (χ1v) is 8.25. The van der Waals surface area contributed by atoms with E-state index in [0.29, 0.717) is 29.1 Å². The van der Waals surface area contributed by atoms with Crippen LogP contribution in [0.1, 0.15) is 0 Å². The summed E-state index contributed by atoms with van der Waals surface area (Å²) in [4.78, 5) is 0.171. The molecule has 1 aromatic rings. The third-order valence-corrected chi connectivity index (χ3v) is 6.24. The van der Waals surface area contributed by atoms with Crippen molar-refractivity contribution in [3.63, 3.8) is 0 Å². The Morgan fingerprint density at radius 1 is 1.25 bits per heavy atom. The Labute approximate surface area is 127 Å². The Morgan fingerprint density at radius 2 is 1.80 bits per heavy atom. The first-order chi connectivity index (χ1) is 9.41. The molecule has 1 aromatic carbocycles. The van der Waals surface area contributed by atoms with Crippen molar-refractivity contribution in [2.45, 2.75) is 10.9 Å². The molecule has 0 bridgehead atoms. The van der Waals surface area contributed by atoms with Crippen LogP contribution in [0.2, 0.25) is 0 Å². The van der Waals surface area contributed by atoms with Gasteiger partial charge in [-0.25, -0.2) is 8.42 Å². The Kier molecular flexibility index (Phi) is 4.58. The number of halogens is 1. The van der Waals surface area contributed by atoms with Crippen molar-refractivity contribution in [3.8, 4) is 11.5 Å². The number of rotatable bonds is 5. The van der Waals surface area contributed by atoms with Crippen LogP contribution in [-0.2, 0) is 10.0 Å². The van der Waals surface area contributed by atoms with Crippen molar-refractivity contribution in [3.05, 3.63) is 16.6 Å². The average molecular weight is 365 g/mol. The molecule has 112 valence electrons. The zero-order valence-electron chi connectivity index (χ0n) is 11.5. The molecular formula is C12H17BrN2O4S. The molecule has 0 spiro atoms. The van der Waals surface area contributed by atoms with Gasteiger partial charge in [-0.15, -0.1) is 0 Å². The van der Waals surface area contributed by atoms with Gasteiger partial charge in [-0.1, -0.05) is 0 Å². The van der Waals surface area contributed by atoms with Gasteiger partial charge in [-0.2, -0.15) is 4.31 Å². The van der Waals surface area contributed by atoms with Gasteiger partial charge in [0.25, 0.3) is 0 Å². The van der Waals surface area contributed by atoms with E-state index >= 15 is 0 Å². The van der Waals surface area contributed by atoms with E-state index < -0.39 is 10.0 Å². The molecule has 0 unspecified atom stereocenters. The minimum atomic E-state index is -3.58. The largest absolute Gasteiger partial charge is 0.493 e. The molecule has 0 radical (unpaired) electrons. The highest BCUT2D eigenvalue weighted by Gasteiger charge is 2.33. The number of ether oxygens (including phenoxy) is 2. The Morgan fingerprint density at radius 3 is 2.25 bits per heavy atom. The highest BCUT2D eigenvalue weighted by atomic mass is 79.9. The van der Waals surface area contributed by atoms with E-state index in [1.54, 1.807) is 13.1 Å². The van der Waals surface area contributed by atoms with Gasteiger partial charge in [-0.3, -0.25) is 0 Å². The number of nitrogens with one attached hydrogen (secondary N) is 1. The molecule has 1 aliphatic rings. The monoisotopic (exact) mass is 364 g/mol. The van der Waals surface area contributed by atoms with Crippen LogP contribution in [0.3, 0.4) is 0 Å². The molecule has 0 amide bonds. The number of benzene rings is 1. The summed E-state index contributed by atoms with van der Waals surface area (Å²) >= 11 is 3.29. The second-order valence-electron chi connectivity index (χ2n) is 4.47. The first-order valence-electron chi connectivity index (χ1n) is 6.02. The van der Waals surface area contributed by atoms with Crippen LogP contribution in [0, 0.1) is 0 Å². The van der Waals surface area contributed by atoms with E-state index in [9.17, 15) is 8.42 Å². The lowest BCUT2D eigenvalue weighted by Gasteiger charge is -2.34. The topological polar surface area (TPSA) is 67.9 Å². The molecule has 2 rings (SSSR count). The van der Waals surface area contributed by atoms with Gasteiger partial charge in [0.05, 0.1) is 14.2 Å². The van der Waals surface area contributed by atoms with E-state index in [0.717, 1.165) is 0 Å². The molecule has 1 saturated heterocycles. The van der Waals surface area contributed by atoms with E-state index in [4.69, 9.17) is 9.47 Å². The number of hydrogen-bond donors (Lipinski definition) is 1. The minimum Gasteiger partial charge on any atom is -0.493 e. The highest BCUT2D eigenvalue weighted by molar-refractivity contribution is 9.10. The summed E-state index contributed by atoms with van der Waals surface area (Å²) in [5, 5.41) is 3.06. The fraction of sp³-hybridized carbons (Fsp3) is 0.500. The number of nitrogens with zero attached hydrogens (tertiary/aromatic N) is 1. The van der Waals surface area contributed by atoms with Crippen molar-refractivity contribution in [2.24, 2.45) is 0 Å². The zero-order chi connectivity index (χ0) is 14.9. The molecule has 1 heterocycles. The molecule has 1 fully saturated rings. The van der Waals surface area contributed by atoms with Crippen molar-refractivity contribution >= 4 is 26.0 Å². The van der Waals surface area contributed by atoms with Crippen molar-refractivity contribution in [2.75, 3.05) is 34.4 Å². The van der Waals surface area contributed by atoms with E-state index in [1.807, 2.05) is 0 Å².